The van der Waals surface area contributed by atoms with Crippen molar-refractivity contribution in [1.82, 2.24) is 14.9 Å². The summed E-state index contributed by atoms with van der Waals surface area (Å²) in [6.07, 6.45) is 2.70. The van der Waals surface area contributed by atoms with Crippen molar-refractivity contribution in [2.24, 2.45) is 0 Å². The zero-order valence-corrected chi connectivity index (χ0v) is 20.6. The number of nitrogens with zero attached hydrogens (tertiary/aromatic N) is 4. The number of rotatable bonds is 8. The molecule has 0 aliphatic carbocycles. The van der Waals surface area contributed by atoms with E-state index in [9.17, 15) is 18.0 Å². The molecule has 1 aliphatic rings. The molecule has 0 saturated carbocycles. The number of morpholine rings is 1. The molecule has 0 radical (unpaired) electrons. The molecule has 1 aromatic heterocycles. The standard InChI is InChI=1S/C26H29F3N4O3.CH4/c1-4-5-6-32(3)26(34)17-11-19(16(2)36-18-13-20(27)24(29)21(28)14-18)25-22(12-17)30-15-23(31-25)33-7-9-35-10-8-33;/h11-16H,4-10H2,1-3H3;1H4. The first-order valence-corrected chi connectivity index (χ1v) is 12.0. The molecule has 1 atom stereocenters. The molecule has 0 spiro atoms. The number of ether oxygens (including phenoxy) is 2. The number of carbonyl (C=O) groups excluding carboxylic acids is 1. The van der Waals surface area contributed by atoms with Crippen LogP contribution in [0.2, 0.25) is 0 Å². The normalized spacial score (nSPS) is 14.3. The highest BCUT2D eigenvalue weighted by molar-refractivity contribution is 5.98. The van der Waals surface area contributed by atoms with Crippen molar-refractivity contribution in [2.45, 2.75) is 40.2 Å². The molecule has 0 N–H and O–H groups in total. The lowest BCUT2D eigenvalue weighted by Gasteiger charge is -2.28. The maximum absolute atomic E-state index is 13.8. The number of amides is 1. The predicted octanol–water partition coefficient (Wildman–Crippen LogP) is 5.53. The molecule has 7 nitrogen and oxygen atoms in total. The quantitative estimate of drug-likeness (QED) is 0.365. The van der Waals surface area contributed by atoms with Crippen LogP contribution in [0.3, 0.4) is 0 Å². The van der Waals surface area contributed by atoms with Crippen LogP contribution in [-0.2, 0) is 4.74 Å². The Balaban J connectivity index is 0.00000380. The third-order valence-electron chi connectivity index (χ3n) is 6.15. The second-order valence-electron chi connectivity index (χ2n) is 8.80. The monoisotopic (exact) mass is 518 g/mol. The number of hydrogen-bond acceptors (Lipinski definition) is 6. The van der Waals surface area contributed by atoms with E-state index in [2.05, 4.69) is 4.98 Å². The van der Waals surface area contributed by atoms with Crippen LogP contribution < -0.4 is 9.64 Å². The predicted molar refractivity (Wildman–Crippen MR) is 137 cm³/mol. The summed E-state index contributed by atoms with van der Waals surface area (Å²) in [6.45, 7) is 6.80. The van der Waals surface area contributed by atoms with Crippen LogP contribution in [0.25, 0.3) is 11.0 Å². The van der Waals surface area contributed by atoms with Gasteiger partial charge in [-0.25, -0.2) is 18.2 Å². The van der Waals surface area contributed by atoms with Crippen molar-refractivity contribution in [3.63, 3.8) is 0 Å². The number of benzene rings is 2. The second kappa shape index (κ2) is 12.2. The van der Waals surface area contributed by atoms with Crippen LogP contribution in [-0.4, -0.2) is 60.7 Å². The summed E-state index contributed by atoms with van der Waals surface area (Å²) >= 11 is 0. The zero-order valence-electron chi connectivity index (χ0n) is 20.6. The van der Waals surface area contributed by atoms with Crippen LogP contribution in [0.4, 0.5) is 19.0 Å². The Morgan fingerprint density at radius 3 is 2.49 bits per heavy atom. The summed E-state index contributed by atoms with van der Waals surface area (Å²) in [7, 11) is 1.74. The highest BCUT2D eigenvalue weighted by atomic mass is 19.2. The maximum atomic E-state index is 13.8. The molecular weight excluding hydrogens is 485 g/mol. The highest BCUT2D eigenvalue weighted by Gasteiger charge is 2.22. The SMILES string of the molecule is C.CCCCN(C)C(=O)c1cc(C(C)Oc2cc(F)c(F)c(F)c2)c2nc(N3CCOCC3)cnc2c1. The van der Waals surface area contributed by atoms with E-state index in [-0.39, 0.29) is 19.1 Å². The summed E-state index contributed by atoms with van der Waals surface area (Å²) in [6, 6.07) is 4.93. The lowest BCUT2D eigenvalue weighted by atomic mass is 10.0. The van der Waals surface area contributed by atoms with Crippen LogP contribution in [0, 0.1) is 17.5 Å². The average Bonchev–Trinajstić information content (AvgIpc) is 2.89. The lowest BCUT2D eigenvalue weighted by Crippen LogP contribution is -2.36. The topological polar surface area (TPSA) is 67.8 Å². The summed E-state index contributed by atoms with van der Waals surface area (Å²) in [5, 5.41) is 0. The molecule has 2 heterocycles. The van der Waals surface area contributed by atoms with Crippen molar-refractivity contribution in [2.75, 3.05) is 44.8 Å². The molecule has 1 fully saturated rings. The number of halogens is 3. The van der Waals surface area contributed by atoms with Gasteiger partial charge in [-0.1, -0.05) is 20.8 Å². The Hall–Kier alpha value is -3.40. The minimum Gasteiger partial charge on any atom is -0.486 e. The Bertz CT molecular complexity index is 1230. The molecule has 37 heavy (non-hydrogen) atoms. The first kappa shape index (κ1) is 28.2. The van der Waals surface area contributed by atoms with Crippen molar-refractivity contribution >= 4 is 22.8 Å². The minimum absolute atomic E-state index is 0. The first-order chi connectivity index (χ1) is 17.3. The van der Waals surface area contributed by atoms with Gasteiger partial charge < -0.3 is 19.3 Å². The highest BCUT2D eigenvalue weighted by Crippen LogP contribution is 2.31. The summed E-state index contributed by atoms with van der Waals surface area (Å²) < 4.78 is 52.2. The fourth-order valence-electron chi connectivity index (χ4n) is 4.10. The van der Waals surface area contributed by atoms with Crippen molar-refractivity contribution in [3.8, 4) is 5.75 Å². The Kier molecular flexibility index (Phi) is 9.31. The molecule has 200 valence electrons. The van der Waals surface area contributed by atoms with Gasteiger partial charge in [0.15, 0.2) is 17.5 Å². The smallest absolute Gasteiger partial charge is 0.253 e. The Morgan fingerprint density at radius 2 is 1.84 bits per heavy atom. The lowest BCUT2D eigenvalue weighted by molar-refractivity contribution is 0.0793. The van der Waals surface area contributed by atoms with Crippen molar-refractivity contribution in [3.05, 3.63) is 59.0 Å². The van der Waals surface area contributed by atoms with E-state index in [1.165, 1.54) is 0 Å². The van der Waals surface area contributed by atoms with Crippen LogP contribution in [0.15, 0.2) is 30.5 Å². The van der Waals surface area contributed by atoms with Gasteiger partial charge in [0.05, 0.1) is 30.4 Å². The molecule has 1 amide bonds. The van der Waals surface area contributed by atoms with E-state index in [1.54, 1.807) is 37.2 Å². The third-order valence-corrected chi connectivity index (χ3v) is 6.15. The Labute approximate surface area is 215 Å². The van der Waals surface area contributed by atoms with Gasteiger partial charge in [-0.2, -0.15) is 0 Å². The number of fused-ring (bicyclic) bond motifs is 1. The maximum Gasteiger partial charge on any atom is 0.253 e. The van der Waals surface area contributed by atoms with Gasteiger partial charge >= 0.3 is 0 Å². The largest absolute Gasteiger partial charge is 0.486 e. The van der Waals surface area contributed by atoms with Crippen LogP contribution >= 0.6 is 0 Å². The third kappa shape index (κ3) is 6.30. The van der Waals surface area contributed by atoms with E-state index in [0.717, 1.165) is 25.0 Å². The summed E-state index contributed by atoms with van der Waals surface area (Å²) in [4.78, 5) is 26.2. The van der Waals surface area contributed by atoms with Gasteiger partial charge in [0.25, 0.3) is 5.91 Å². The number of carbonyl (C=O) groups is 1. The summed E-state index contributed by atoms with van der Waals surface area (Å²) in [5.74, 6) is -3.98. The van der Waals surface area contributed by atoms with Crippen LogP contribution in [0.5, 0.6) is 5.75 Å². The molecule has 10 heteroatoms. The van der Waals surface area contributed by atoms with E-state index in [4.69, 9.17) is 14.5 Å². The number of unbranched alkanes of at least 4 members (excludes halogenated alkanes) is 1. The fraction of sp³-hybridized carbons (Fsp3) is 0.444. The molecule has 1 unspecified atom stereocenters. The van der Waals surface area contributed by atoms with Crippen LogP contribution in [0.1, 0.15) is 56.1 Å². The van der Waals surface area contributed by atoms with Gasteiger partial charge in [-0.3, -0.25) is 9.78 Å². The zero-order chi connectivity index (χ0) is 25.8. The van der Waals surface area contributed by atoms with E-state index < -0.39 is 23.6 Å². The Morgan fingerprint density at radius 1 is 1.16 bits per heavy atom. The van der Waals surface area contributed by atoms with E-state index in [0.29, 0.717) is 60.8 Å². The summed E-state index contributed by atoms with van der Waals surface area (Å²) in [5.41, 5.74) is 1.91. The molecule has 0 bridgehead atoms. The second-order valence-corrected chi connectivity index (χ2v) is 8.80. The molecular formula is C27H33F3N4O3. The van der Waals surface area contributed by atoms with Gasteiger partial charge in [-0.15, -0.1) is 0 Å². The van der Waals surface area contributed by atoms with Crippen molar-refractivity contribution in [1.29, 1.82) is 0 Å². The molecule has 1 aliphatic heterocycles. The number of anilines is 1. The average molecular weight is 519 g/mol. The molecule has 4 rings (SSSR count). The number of hydrogen-bond donors (Lipinski definition) is 0. The molecule has 3 aromatic rings. The van der Waals surface area contributed by atoms with E-state index in [1.807, 2.05) is 11.8 Å². The van der Waals surface area contributed by atoms with Crippen molar-refractivity contribution < 1.29 is 27.4 Å². The minimum atomic E-state index is -1.57. The first-order valence-electron chi connectivity index (χ1n) is 12.0. The molecule has 1 saturated heterocycles. The number of aromatic nitrogens is 2. The van der Waals surface area contributed by atoms with Gasteiger partial charge in [-0.05, 0) is 25.5 Å². The molecule has 2 aromatic carbocycles. The fourth-order valence-corrected chi connectivity index (χ4v) is 4.10. The van der Waals surface area contributed by atoms with Gasteiger partial charge in [0.1, 0.15) is 17.7 Å². The van der Waals surface area contributed by atoms with E-state index >= 15 is 0 Å². The van der Waals surface area contributed by atoms with Gasteiger partial charge in [0.2, 0.25) is 0 Å². The van der Waals surface area contributed by atoms with Gasteiger partial charge in [0, 0.05) is 49.9 Å².